The summed E-state index contributed by atoms with van der Waals surface area (Å²) < 4.78 is 25.4. The van der Waals surface area contributed by atoms with Crippen LogP contribution < -0.4 is 11.1 Å². The summed E-state index contributed by atoms with van der Waals surface area (Å²) in [5.41, 5.74) is 5.44. The van der Waals surface area contributed by atoms with E-state index in [1.54, 1.807) is 6.92 Å². The minimum absolute atomic E-state index is 0. The van der Waals surface area contributed by atoms with Crippen molar-refractivity contribution in [3.8, 4) is 0 Å². The lowest BCUT2D eigenvalue weighted by molar-refractivity contribution is -0.124. The van der Waals surface area contributed by atoms with Crippen LogP contribution in [0.4, 0.5) is 0 Å². The van der Waals surface area contributed by atoms with E-state index in [4.69, 9.17) is 5.73 Å². The number of carbonyl (C=O) groups excluding carboxylic acids is 1. The highest BCUT2D eigenvalue weighted by Gasteiger charge is 2.38. The highest BCUT2D eigenvalue weighted by atomic mass is 35.5. The number of halogens is 1. The third-order valence-electron chi connectivity index (χ3n) is 3.07. The van der Waals surface area contributed by atoms with E-state index in [1.165, 1.54) is 4.31 Å². The molecule has 1 fully saturated rings. The minimum atomic E-state index is -3.31. The Bertz CT molecular complexity index is 389. The van der Waals surface area contributed by atoms with Gasteiger partial charge in [0.15, 0.2) is 0 Å². The first kappa shape index (κ1) is 18.6. The molecule has 0 spiro atoms. The van der Waals surface area contributed by atoms with Crippen LogP contribution in [0.5, 0.6) is 0 Å². The predicted octanol–water partition coefficient (Wildman–Crippen LogP) is 0.0758. The summed E-state index contributed by atoms with van der Waals surface area (Å²) in [6.45, 7) is 4.41. The minimum Gasteiger partial charge on any atom is -0.351 e. The third-order valence-corrected chi connectivity index (χ3v) is 5.14. The number of amides is 1. The van der Waals surface area contributed by atoms with Crippen LogP contribution in [0.3, 0.4) is 0 Å². The summed E-state index contributed by atoms with van der Waals surface area (Å²) in [5, 5.41) is 2.75. The molecule has 1 unspecified atom stereocenters. The van der Waals surface area contributed by atoms with E-state index >= 15 is 0 Å². The van der Waals surface area contributed by atoms with Crippen molar-refractivity contribution in [3.63, 3.8) is 0 Å². The van der Waals surface area contributed by atoms with E-state index in [2.05, 4.69) is 5.32 Å². The van der Waals surface area contributed by atoms with Gasteiger partial charge in [-0.05, 0) is 26.2 Å². The number of carbonyl (C=O) groups is 1. The van der Waals surface area contributed by atoms with Crippen LogP contribution in [0.1, 0.15) is 33.1 Å². The topological polar surface area (TPSA) is 92.5 Å². The molecule has 8 heteroatoms. The normalized spacial score (nSPS) is 21.7. The van der Waals surface area contributed by atoms with Gasteiger partial charge >= 0.3 is 0 Å². The second-order valence-corrected chi connectivity index (χ2v) is 6.77. The van der Waals surface area contributed by atoms with Gasteiger partial charge in [-0.15, -0.1) is 12.4 Å². The molecule has 6 nitrogen and oxygen atoms in total. The molecule has 1 saturated heterocycles. The van der Waals surface area contributed by atoms with Crippen molar-refractivity contribution in [1.29, 1.82) is 0 Å². The quantitative estimate of drug-likeness (QED) is 0.726. The molecule has 0 aliphatic carbocycles. The molecule has 3 N–H and O–H groups in total. The zero-order valence-corrected chi connectivity index (χ0v) is 13.1. The molecule has 0 aromatic carbocycles. The molecular formula is C11H24ClN3O3S. The summed E-state index contributed by atoms with van der Waals surface area (Å²) in [6.07, 6.45) is 1.89. The molecule has 1 heterocycles. The molecule has 114 valence electrons. The van der Waals surface area contributed by atoms with Gasteiger partial charge in [0.05, 0.1) is 5.75 Å². The molecule has 0 aromatic rings. The summed E-state index contributed by atoms with van der Waals surface area (Å²) in [5.74, 6) is -0.131. The average Bonchev–Trinajstić information content (AvgIpc) is 2.78. The Hall–Kier alpha value is -0.370. The van der Waals surface area contributed by atoms with E-state index < -0.39 is 16.1 Å². The monoisotopic (exact) mass is 313 g/mol. The molecule has 1 rings (SSSR count). The molecule has 0 saturated carbocycles. The van der Waals surface area contributed by atoms with Crippen molar-refractivity contribution >= 4 is 28.3 Å². The molecule has 2 atom stereocenters. The zero-order valence-electron chi connectivity index (χ0n) is 11.5. The number of nitrogens with zero attached hydrogens (tertiary/aromatic N) is 1. The van der Waals surface area contributed by atoms with Crippen molar-refractivity contribution in [2.24, 2.45) is 5.73 Å². The maximum Gasteiger partial charge on any atom is 0.238 e. The fraction of sp³-hybridized carbons (Fsp3) is 0.909. The first-order valence-electron chi connectivity index (χ1n) is 6.42. The number of hydrogen-bond acceptors (Lipinski definition) is 4. The summed E-state index contributed by atoms with van der Waals surface area (Å²) in [7, 11) is -3.31. The van der Waals surface area contributed by atoms with Crippen molar-refractivity contribution in [2.45, 2.75) is 45.2 Å². The van der Waals surface area contributed by atoms with Crippen LogP contribution in [0.2, 0.25) is 0 Å². The Labute approximate surface area is 121 Å². The van der Waals surface area contributed by atoms with E-state index in [9.17, 15) is 13.2 Å². The van der Waals surface area contributed by atoms with Crippen LogP contribution >= 0.6 is 12.4 Å². The van der Waals surface area contributed by atoms with Crippen molar-refractivity contribution < 1.29 is 13.2 Å². The Morgan fingerprint density at radius 1 is 1.53 bits per heavy atom. The zero-order chi connectivity index (χ0) is 13.8. The maximum atomic E-state index is 12.0. The van der Waals surface area contributed by atoms with Gasteiger partial charge < -0.3 is 11.1 Å². The van der Waals surface area contributed by atoms with Gasteiger partial charge in [-0.1, -0.05) is 6.92 Å². The summed E-state index contributed by atoms with van der Waals surface area (Å²) in [4.78, 5) is 12.0. The summed E-state index contributed by atoms with van der Waals surface area (Å²) >= 11 is 0. The van der Waals surface area contributed by atoms with Gasteiger partial charge in [0.25, 0.3) is 0 Å². The van der Waals surface area contributed by atoms with Gasteiger partial charge in [-0.25, -0.2) is 8.42 Å². The average molecular weight is 314 g/mol. The fourth-order valence-electron chi connectivity index (χ4n) is 2.11. The Morgan fingerprint density at radius 3 is 2.68 bits per heavy atom. The standard InChI is InChI=1S/C11H23N3O3S.ClH/c1-3-7-18(16,17)14-6-4-5-10(14)11(15)13-9(2)8-12;/h9-10H,3-8,12H2,1-2H3,(H,13,15);1H/t9-,10?;/m0./s1. The first-order chi connectivity index (χ1) is 8.42. The molecule has 0 bridgehead atoms. The second kappa shape index (κ2) is 8.04. The van der Waals surface area contributed by atoms with Crippen LogP contribution in [-0.2, 0) is 14.8 Å². The number of rotatable bonds is 6. The molecule has 0 radical (unpaired) electrons. The number of nitrogens with two attached hydrogens (primary N) is 1. The number of sulfonamides is 1. The third kappa shape index (κ3) is 4.91. The van der Waals surface area contributed by atoms with Gasteiger partial charge in [-0.2, -0.15) is 4.31 Å². The highest BCUT2D eigenvalue weighted by Crippen LogP contribution is 2.22. The van der Waals surface area contributed by atoms with Gasteiger partial charge in [0.1, 0.15) is 6.04 Å². The van der Waals surface area contributed by atoms with E-state index in [-0.39, 0.29) is 30.1 Å². The molecule has 1 amide bonds. The SMILES string of the molecule is CCCS(=O)(=O)N1CCCC1C(=O)N[C@@H](C)CN.Cl. The van der Waals surface area contributed by atoms with Crippen LogP contribution in [0, 0.1) is 0 Å². The van der Waals surface area contributed by atoms with Crippen LogP contribution in [0.15, 0.2) is 0 Å². The molecular weight excluding hydrogens is 290 g/mol. The van der Waals surface area contributed by atoms with Crippen LogP contribution in [-0.4, -0.2) is 49.6 Å². The molecule has 0 aromatic heterocycles. The first-order valence-corrected chi connectivity index (χ1v) is 8.03. The molecule has 19 heavy (non-hydrogen) atoms. The van der Waals surface area contributed by atoms with Crippen LogP contribution in [0.25, 0.3) is 0 Å². The van der Waals surface area contributed by atoms with E-state index in [0.717, 1.165) is 6.42 Å². The van der Waals surface area contributed by atoms with Gasteiger partial charge in [-0.3, -0.25) is 4.79 Å². The second-order valence-electron chi connectivity index (χ2n) is 4.73. The largest absolute Gasteiger partial charge is 0.351 e. The Balaban J connectivity index is 0.00000324. The number of nitrogens with one attached hydrogen (secondary N) is 1. The Kier molecular flexibility index (Phi) is 7.88. The number of hydrogen-bond donors (Lipinski definition) is 2. The fourth-order valence-corrected chi connectivity index (χ4v) is 3.85. The molecule has 1 aliphatic heterocycles. The van der Waals surface area contributed by atoms with Crippen molar-refractivity contribution in [3.05, 3.63) is 0 Å². The lowest BCUT2D eigenvalue weighted by Gasteiger charge is -2.24. The lowest BCUT2D eigenvalue weighted by Crippen LogP contribution is -2.50. The highest BCUT2D eigenvalue weighted by molar-refractivity contribution is 7.89. The smallest absolute Gasteiger partial charge is 0.238 e. The van der Waals surface area contributed by atoms with Crippen molar-refractivity contribution in [1.82, 2.24) is 9.62 Å². The van der Waals surface area contributed by atoms with Gasteiger partial charge in [0.2, 0.25) is 15.9 Å². The predicted molar refractivity (Wildman–Crippen MR) is 77.7 cm³/mol. The maximum absolute atomic E-state index is 12.0. The van der Waals surface area contributed by atoms with E-state index in [1.807, 2.05) is 6.92 Å². The summed E-state index contributed by atoms with van der Waals surface area (Å²) in [6, 6.07) is -0.690. The van der Waals surface area contributed by atoms with Crippen molar-refractivity contribution in [2.75, 3.05) is 18.8 Å². The lowest BCUT2D eigenvalue weighted by atomic mass is 10.2. The van der Waals surface area contributed by atoms with Gasteiger partial charge in [0, 0.05) is 19.1 Å². The molecule has 1 aliphatic rings. The van der Waals surface area contributed by atoms with E-state index in [0.29, 0.717) is 25.9 Å². The Morgan fingerprint density at radius 2 is 2.16 bits per heavy atom.